The van der Waals surface area contributed by atoms with E-state index in [2.05, 4.69) is 5.32 Å². The molecular formula is C15H23NO3. The average Bonchev–Trinajstić information content (AvgIpc) is 2.89. The van der Waals surface area contributed by atoms with Crippen molar-refractivity contribution in [1.29, 1.82) is 0 Å². The average molecular weight is 265 g/mol. The summed E-state index contributed by atoms with van der Waals surface area (Å²) in [4.78, 5) is 0. The van der Waals surface area contributed by atoms with Crippen LogP contribution in [-0.2, 0) is 6.54 Å². The summed E-state index contributed by atoms with van der Waals surface area (Å²) in [5.41, 5.74) is 0.638. The highest BCUT2D eigenvalue weighted by atomic mass is 16.5. The van der Waals surface area contributed by atoms with E-state index in [1.165, 1.54) is 0 Å². The van der Waals surface area contributed by atoms with Crippen molar-refractivity contribution < 1.29 is 14.9 Å². The van der Waals surface area contributed by atoms with Crippen LogP contribution in [0, 0.1) is 0 Å². The van der Waals surface area contributed by atoms with Gasteiger partial charge in [0, 0.05) is 17.6 Å². The number of hydrogen-bond donors (Lipinski definition) is 3. The van der Waals surface area contributed by atoms with Crippen LogP contribution in [0.5, 0.6) is 11.5 Å². The second-order valence-electron chi connectivity index (χ2n) is 5.22. The van der Waals surface area contributed by atoms with Gasteiger partial charge in [-0.05, 0) is 38.0 Å². The number of rotatable bonds is 6. The molecule has 0 atom stereocenters. The monoisotopic (exact) mass is 265 g/mol. The highest BCUT2D eigenvalue weighted by molar-refractivity contribution is 5.39. The van der Waals surface area contributed by atoms with E-state index in [-0.39, 0.29) is 17.9 Å². The topological polar surface area (TPSA) is 61.7 Å². The van der Waals surface area contributed by atoms with Gasteiger partial charge in [-0.25, -0.2) is 0 Å². The zero-order valence-corrected chi connectivity index (χ0v) is 11.5. The van der Waals surface area contributed by atoms with Crippen molar-refractivity contribution in [1.82, 2.24) is 5.32 Å². The van der Waals surface area contributed by atoms with E-state index in [9.17, 15) is 10.2 Å². The van der Waals surface area contributed by atoms with Gasteiger partial charge in [-0.15, -0.1) is 0 Å². The molecule has 0 radical (unpaired) electrons. The molecular weight excluding hydrogens is 242 g/mol. The smallest absolute Gasteiger partial charge is 0.120 e. The Balaban J connectivity index is 2.03. The van der Waals surface area contributed by atoms with Gasteiger partial charge < -0.3 is 20.3 Å². The summed E-state index contributed by atoms with van der Waals surface area (Å²) in [5.74, 6) is 1.03. The van der Waals surface area contributed by atoms with Crippen LogP contribution in [0.15, 0.2) is 18.2 Å². The van der Waals surface area contributed by atoms with Gasteiger partial charge in [-0.3, -0.25) is 0 Å². The van der Waals surface area contributed by atoms with Crippen LogP contribution >= 0.6 is 0 Å². The van der Waals surface area contributed by atoms with E-state index >= 15 is 0 Å². The number of aliphatic hydroxyl groups excluding tert-OH is 1. The first-order chi connectivity index (χ1) is 9.19. The third kappa shape index (κ3) is 3.39. The number of aromatic hydroxyl groups is 1. The Bertz CT molecular complexity index is 414. The molecule has 3 N–H and O–H groups in total. The Hall–Kier alpha value is -1.26. The summed E-state index contributed by atoms with van der Waals surface area (Å²) in [6.45, 7) is 3.24. The molecule has 1 saturated carbocycles. The van der Waals surface area contributed by atoms with Crippen LogP contribution in [0.1, 0.15) is 38.2 Å². The molecule has 0 heterocycles. The lowest BCUT2D eigenvalue weighted by molar-refractivity contribution is 0.162. The van der Waals surface area contributed by atoms with Crippen LogP contribution in [0.3, 0.4) is 0 Å². The third-order valence-corrected chi connectivity index (χ3v) is 3.88. The maximum atomic E-state index is 9.88. The first-order valence-corrected chi connectivity index (χ1v) is 7.00. The lowest BCUT2D eigenvalue weighted by Crippen LogP contribution is -2.45. The molecule has 0 unspecified atom stereocenters. The lowest BCUT2D eigenvalue weighted by Gasteiger charge is -2.28. The van der Waals surface area contributed by atoms with Gasteiger partial charge in [0.05, 0.1) is 13.2 Å². The fraction of sp³-hybridized carbons (Fsp3) is 0.600. The second-order valence-corrected chi connectivity index (χ2v) is 5.22. The molecule has 1 fully saturated rings. The SMILES string of the molecule is CCOc1ccc(O)c(CNC2(CO)CCCC2)c1. The Morgan fingerprint density at radius 1 is 1.32 bits per heavy atom. The molecule has 1 aromatic carbocycles. The Labute approximate surface area is 114 Å². The van der Waals surface area contributed by atoms with Crippen molar-refractivity contribution in [2.75, 3.05) is 13.2 Å². The summed E-state index contributed by atoms with van der Waals surface area (Å²) in [6, 6.07) is 5.27. The van der Waals surface area contributed by atoms with Crippen LogP contribution < -0.4 is 10.1 Å². The number of nitrogens with one attached hydrogen (secondary N) is 1. The quantitative estimate of drug-likeness (QED) is 0.738. The number of benzene rings is 1. The molecule has 4 heteroatoms. The molecule has 1 aliphatic rings. The third-order valence-electron chi connectivity index (χ3n) is 3.88. The predicted octanol–water partition coefficient (Wildman–Crippen LogP) is 2.19. The van der Waals surface area contributed by atoms with Gasteiger partial charge in [0.1, 0.15) is 11.5 Å². The van der Waals surface area contributed by atoms with Crippen LogP contribution in [0.25, 0.3) is 0 Å². The molecule has 0 aliphatic heterocycles. The van der Waals surface area contributed by atoms with Crippen molar-refractivity contribution >= 4 is 0 Å². The first-order valence-electron chi connectivity index (χ1n) is 7.00. The Morgan fingerprint density at radius 2 is 2.05 bits per heavy atom. The van der Waals surface area contributed by atoms with Gasteiger partial charge in [0.25, 0.3) is 0 Å². The Morgan fingerprint density at radius 3 is 2.68 bits per heavy atom. The molecule has 0 bridgehead atoms. The molecule has 0 aromatic heterocycles. The molecule has 0 saturated heterocycles. The van der Waals surface area contributed by atoms with Gasteiger partial charge in [0.2, 0.25) is 0 Å². The van der Waals surface area contributed by atoms with Crippen molar-refractivity contribution in [2.45, 2.75) is 44.7 Å². The lowest BCUT2D eigenvalue weighted by atomic mass is 9.98. The van der Waals surface area contributed by atoms with E-state index in [4.69, 9.17) is 4.74 Å². The maximum absolute atomic E-state index is 9.88. The minimum atomic E-state index is -0.173. The van der Waals surface area contributed by atoms with E-state index in [0.717, 1.165) is 37.0 Å². The van der Waals surface area contributed by atoms with Gasteiger partial charge in [-0.2, -0.15) is 0 Å². The van der Waals surface area contributed by atoms with Gasteiger partial charge in [-0.1, -0.05) is 12.8 Å². The maximum Gasteiger partial charge on any atom is 0.120 e. The van der Waals surface area contributed by atoms with Crippen molar-refractivity contribution in [3.05, 3.63) is 23.8 Å². The molecule has 19 heavy (non-hydrogen) atoms. The fourth-order valence-corrected chi connectivity index (χ4v) is 2.69. The minimum absolute atomic E-state index is 0.152. The first kappa shape index (κ1) is 14.2. The molecule has 0 amide bonds. The van der Waals surface area contributed by atoms with E-state index < -0.39 is 0 Å². The number of hydrogen-bond acceptors (Lipinski definition) is 4. The largest absolute Gasteiger partial charge is 0.508 e. The van der Waals surface area contributed by atoms with Gasteiger partial charge >= 0.3 is 0 Å². The molecule has 1 aromatic rings. The molecule has 106 valence electrons. The number of aliphatic hydroxyl groups is 1. The molecule has 0 spiro atoms. The van der Waals surface area contributed by atoms with Crippen molar-refractivity contribution in [3.8, 4) is 11.5 Å². The zero-order chi connectivity index (χ0) is 13.7. The minimum Gasteiger partial charge on any atom is -0.508 e. The Kier molecular flexibility index (Phi) is 4.66. The molecule has 1 aliphatic carbocycles. The highest BCUT2D eigenvalue weighted by Crippen LogP contribution is 2.30. The molecule has 4 nitrogen and oxygen atoms in total. The van der Waals surface area contributed by atoms with Crippen molar-refractivity contribution in [2.24, 2.45) is 0 Å². The normalized spacial score (nSPS) is 17.6. The van der Waals surface area contributed by atoms with Crippen LogP contribution in [0.4, 0.5) is 0 Å². The second kappa shape index (κ2) is 6.26. The van der Waals surface area contributed by atoms with E-state index in [0.29, 0.717) is 13.2 Å². The summed E-state index contributed by atoms with van der Waals surface area (Å²) in [5, 5.41) is 22.8. The summed E-state index contributed by atoms with van der Waals surface area (Å²) in [6.07, 6.45) is 4.29. The number of phenolic OH excluding ortho intramolecular Hbond substituents is 1. The van der Waals surface area contributed by atoms with Crippen molar-refractivity contribution in [3.63, 3.8) is 0 Å². The zero-order valence-electron chi connectivity index (χ0n) is 11.5. The van der Waals surface area contributed by atoms with E-state index in [1.54, 1.807) is 12.1 Å². The van der Waals surface area contributed by atoms with E-state index in [1.807, 2.05) is 13.0 Å². The van der Waals surface area contributed by atoms with Gasteiger partial charge in [0.15, 0.2) is 0 Å². The summed E-state index contributed by atoms with van der Waals surface area (Å²) in [7, 11) is 0. The van der Waals surface area contributed by atoms with Crippen LogP contribution in [0.2, 0.25) is 0 Å². The summed E-state index contributed by atoms with van der Waals surface area (Å²) >= 11 is 0. The standard InChI is InChI=1S/C15H23NO3/c1-2-19-13-5-6-14(18)12(9-13)10-16-15(11-17)7-3-4-8-15/h5-6,9,16-18H,2-4,7-8,10-11H2,1H3. The highest BCUT2D eigenvalue weighted by Gasteiger charge is 2.32. The number of ether oxygens (including phenoxy) is 1. The number of phenols is 1. The molecule has 2 rings (SSSR count). The predicted molar refractivity (Wildman–Crippen MR) is 74.4 cm³/mol. The van der Waals surface area contributed by atoms with Crippen LogP contribution in [-0.4, -0.2) is 29.0 Å². The fourth-order valence-electron chi connectivity index (χ4n) is 2.69. The summed E-state index contributed by atoms with van der Waals surface area (Å²) < 4.78 is 5.44.